The number of nitrogens with one attached hydrogen (secondary N) is 1. The van der Waals surface area contributed by atoms with E-state index >= 15 is 0 Å². The third kappa shape index (κ3) is 2.84. The summed E-state index contributed by atoms with van der Waals surface area (Å²) in [6.07, 6.45) is 3.22. The van der Waals surface area contributed by atoms with E-state index in [9.17, 15) is 4.39 Å². The molecule has 1 atom stereocenters. The molecular formula is C18H21FN4S. The molecule has 0 aliphatic carbocycles. The number of imidazole rings is 1. The highest BCUT2D eigenvalue weighted by molar-refractivity contribution is 7.11. The first-order valence-electron chi connectivity index (χ1n) is 8.48. The van der Waals surface area contributed by atoms with Gasteiger partial charge in [-0.1, -0.05) is 6.92 Å². The fraction of sp³-hybridized carbons (Fsp3) is 0.444. The summed E-state index contributed by atoms with van der Waals surface area (Å²) in [4.78, 5) is 16.5. The van der Waals surface area contributed by atoms with Gasteiger partial charge in [-0.3, -0.25) is 4.90 Å². The summed E-state index contributed by atoms with van der Waals surface area (Å²) in [6, 6.07) is 5.00. The monoisotopic (exact) mass is 344 g/mol. The number of hydrogen-bond acceptors (Lipinski definition) is 4. The first-order valence-corrected chi connectivity index (χ1v) is 9.30. The molecule has 1 N–H and O–H groups in total. The molecular weight excluding hydrogens is 323 g/mol. The van der Waals surface area contributed by atoms with Crippen LogP contribution < -0.4 is 0 Å². The van der Waals surface area contributed by atoms with Gasteiger partial charge >= 0.3 is 0 Å². The van der Waals surface area contributed by atoms with Gasteiger partial charge in [0.15, 0.2) is 0 Å². The fourth-order valence-corrected chi connectivity index (χ4v) is 4.63. The molecule has 1 aromatic carbocycles. The van der Waals surface area contributed by atoms with Gasteiger partial charge in [0, 0.05) is 11.4 Å². The average Bonchev–Trinajstić information content (AvgIpc) is 3.25. The highest BCUT2D eigenvalue weighted by Gasteiger charge is 2.29. The van der Waals surface area contributed by atoms with Crippen molar-refractivity contribution in [3.63, 3.8) is 0 Å². The molecule has 3 heterocycles. The third-order valence-electron chi connectivity index (χ3n) is 4.71. The van der Waals surface area contributed by atoms with E-state index in [0.29, 0.717) is 0 Å². The second-order valence-electron chi connectivity index (χ2n) is 6.37. The number of H-pyrrole nitrogens is 1. The molecule has 4 nitrogen and oxygen atoms in total. The quantitative estimate of drug-likeness (QED) is 0.764. The molecule has 0 bridgehead atoms. The Bertz CT molecular complexity index is 869. The van der Waals surface area contributed by atoms with Gasteiger partial charge in [0.1, 0.15) is 11.6 Å². The van der Waals surface area contributed by atoms with Gasteiger partial charge in [0.2, 0.25) is 0 Å². The molecule has 0 radical (unpaired) electrons. The van der Waals surface area contributed by atoms with Crippen molar-refractivity contribution < 1.29 is 4.39 Å². The molecule has 2 aromatic heterocycles. The molecule has 0 spiro atoms. The van der Waals surface area contributed by atoms with E-state index in [1.807, 2.05) is 0 Å². The summed E-state index contributed by atoms with van der Waals surface area (Å²) in [5.74, 6) is 0.723. The number of halogens is 1. The molecule has 1 fully saturated rings. The minimum Gasteiger partial charge on any atom is -0.341 e. The fourth-order valence-electron chi connectivity index (χ4n) is 3.58. The maximum Gasteiger partial charge on any atom is 0.125 e. The number of aromatic nitrogens is 3. The maximum atomic E-state index is 13.4. The number of likely N-dealkylation sites (tertiary alicyclic amines) is 1. The molecule has 1 aliphatic heterocycles. The van der Waals surface area contributed by atoms with Crippen LogP contribution in [0.3, 0.4) is 0 Å². The van der Waals surface area contributed by atoms with Crippen LogP contribution in [-0.2, 0) is 13.0 Å². The Morgan fingerprint density at radius 3 is 3.08 bits per heavy atom. The number of hydrogen-bond donors (Lipinski definition) is 1. The van der Waals surface area contributed by atoms with Gasteiger partial charge in [0.05, 0.1) is 27.8 Å². The minimum atomic E-state index is -0.228. The predicted molar refractivity (Wildman–Crippen MR) is 94.7 cm³/mol. The van der Waals surface area contributed by atoms with E-state index in [0.717, 1.165) is 54.2 Å². The van der Waals surface area contributed by atoms with Gasteiger partial charge in [0.25, 0.3) is 0 Å². The Hall–Kier alpha value is -1.79. The highest BCUT2D eigenvalue weighted by Crippen LogP contribution is 2.34. The summed E-state index contributed by atoms with van der Waals surface area (Å²) in [6.45, 7) is 6.22. The van der Waals surface area contributed by atoms with Crippen molar-refractivity contribution in [3.8, 4) is 0 Å². The number of aryl methyl sites for hydroxylation is 2. The lowest BCUT2D eigenvalue weighted by Crippen LogP contribution is -2.23. The summed E-state index contributed by atoms with van der Waals surface area (Å²) in [5, 5.41) is 1.14. The lowest BCUT2D eigenvalue weighted by Gasteiger charge is -2.22. The van der Waals surface area contributed by atoms with Crippen LogP contribution in [0.2, 0.25) is 0 Å². The second kappa shape index (κ2) is 6.26. The maximum absolute atomic E-state index is 13.4. The molecule has 0 saturated carbocycles. The van der Waals surface area contributed by atoms with Crippen molar-refractivity contribution in [1.29, 1.82) is 0 Å². The molecule has 1 aliphatic rings. The van der Waals surface area contributed by atoms with Crippen LogP contribution in [-0.4, -0.2) is 26.4 Å². The Morgan fingerprint density at radius 1 is 1.38 bits per heavy atom. The number of rotatable bonds is 4. The Kier molecular flexibility index (Phi) is 4.10. The summed E-state index contributed by atoms with van der Waals surface area (Å²) in [5.41, 5.74) is 2.83. The summed E-state index contributed by atoms with van der Waals surface area (Å²) >= 11 is 1.80. The van der Waals surface area contributed by atoms with Gasteiger partial charge in [-0.2, -0.15) is 0 Å². The van der Waals surface area contributed by atoms with Crippen LogP contribution in [0.25, 0.3) is 11.0 Å². The predicted octanol–water partition coefficient (Wildman–Crippen LogP) is 4.37. The van der Waals surface area contributed by atoms with E-state index in [4.69, 9.17) is 4.98 Å². The molecule has 0 unspecified atom stereocenters. The average molecular weight is 344 g/mol. The van der Waals surface area contributed by atoms with Crippen molar-refractivity contribution in [2.75, 3.05) is 6.54 Å². The Morgan fingerprint density at radius 2 is 2.25 bits per heavy atom. The lowest BCUT2D eigenvalue weighted by molar-refractivity contribution is 0.242. The molecule has 4 rings (SSSR count). The van der Waals surface area contributed by atoms with E-state index < -0.39 is 0 Å². The number of benzene rings is 1. The summed E-state index contributed by atoms with van der Waals surface area (Å²) in [7, 11) is 0. The minimum absolute atomic E-state index is 0.228. The number of thiazole rings is 1. The van der Waals surface area contributed by atoms with Crippen molar-refractivity contribution in [2.45, 2.75) is 45.7 Å². The summed E-state index contributed by atoms with van der Waals surface area (Å²) < 4.78 is 13.4. The lowest BCUT2D eigenvalue weighted by atomic mass is 10.2. The van der Waals surface area contributed by atoms with Crippen LogP contribution in [0.1, 0.15) is 47.2 Å². The zero-order chi connectivity index (χ0) is 16.7. The van der Waals surface area contributed by atoms with Gasteiger partial charge < -0.3 is 4.98 Å². The van der Waals surface area contributed by atoms with Crippen molar-refractivity contribution in [3.05, 3.63) is 45.4 Å². The van der Waals surface area contributed by atoms with E-state index in [2.05, 4.69) is 28.7 Å². The first kappa shape index (κ1) is 15.7. The first-order chi connectivity index (χ1) is 11.6. The Labute approximate surface area is 144 Å². The number of aromatic amines is 1. The topological polar surface area (TPSA) is 44.8 Å². The molecule has 24 heavy (non-hydrogen) atoms. The van der Waals surface area contributed by atoms with E-state index in [-0.39, 0.29) is 11.9 Å². The van der Waals surface area contributed by atoms with Gasteiger partial charge in [-0.15, -0.1) is 11.3 Å². The number of nitrogens with zero attached hydrogens (tertiary/aromatic N) is 3. The second-order valence-corrected chi connectivity index (χ2v) is 7.66. The van der Waals surface area contributed by atoms with E-state index in [1.165, 1.54) is 22.7 Å². The van der Waals surface area contributed by atoms with Crippen LogP contribution in [0.5, 0.6) is 0 Å². The van der Waals surface area contributed by atoms with Crippen LogP contribution in [0.4, 0.5) is 4.39 Å². The SMILES string of the molecule is CCc1nc(C)sc1CN1CCC[C@@H]1c1nc2ccc(F)cc2[nH]1. The molecule has 1 saturated heterocycles. The van der Waals surface area contributed by atoms with Crippen molar-refractivity contribution in [2.24, 2.45) is 0 Å². The van der Waals surface area contributed by atoms with Crippen molar-refractivity contribution >= 4 is 22.4 Å². The van der Waals surface area contributed by atoms with Gasteiger partial charge in [-0.25, -0.2) is 14.4 Å². The zero-order valence-corrected chi connectivity index (χ0v) is 14.8. The zero-order valence-electron chi connectivity index (χ0n) is 14.0. The standard InChI is InChI=1S/C18H21FN4S/c1-3-13-17(24-11(2)20-13)10-23-8-4-5-16(23)18-21-14-7-6-12(19)9-15(14)22-18/h6-7,9,16H,3-5,8,10H2,1-2H3,(H,21,22)/t16-/m1/s1. The highest BCUT2D eigenvalue weighted by atomic mass is 32.1. The molecule has 0 amide bonds. The van der Waals surface area contributed by atoms with Gasteiger partial charge in [-0.05, 0) is 50.9 Å². The Balaban J connectivity index is 1.61. The molecule has 126 valence electrons. The van der Waals surface area contributed by atoms with Crippen LogP contribution in [0, 0.1) is 12.7 Å². The van der Waals surface area contributed by atoms with Crippen molar-refractivity contribution in [1.82, 2.24) is 19.9 Å². The molecule has 6 heteroatoms. The number of fused-ring (bicyclic) bond motifs is 1. The van der Waals surface area contributed by atoms with Crippen LogP contribution in [0.15, 0.2) is 18.2 Å². The smallest absolute Gasteiger partial charge is 0.125 e. The molecule has 3 aromatic rings. The van der Waals surface area contributed by atoms with E-state index in [1.54, 1.807) is 17.4 Å². The van der Waals surface area contributed by atoms with Crippen LogP contribution >= 0.6 is 11.3 Å². The largest absolute Gasteiger partial charge is 0.341 e. The third-order valence-corrected chi connectivity index (χ3v) is 5.71. The normalized spacial score (nSPS) is 18.7.